The molecular weight excluding hydrogens is 609 g/mol. The summed E-state index contributed by atoms with van der Waals surface area (Å²) in [6.45, 7) is 6.14. The molecule has 0 bridgehead atoms. The molecule has 2 fully saturated rings. The predicted octanol–water partition coefficient (Wildman–Crippen LogP) is 4.80. The monoisotopic (exact) mass is 640 g/mol. The van der Waals surface area contributed by atoms with Crippen LogP contribution in [0.2, 0.25) is 0 Å². The van der Waals surface area contributed by atoms with Gasteiger partial charge in [0.15, 0.2) is 0 Å². The molecule has 0 aliphatic carbocycles. The molecule has 0 radical (unpaired) electrons. The van der Waals surface area contributed by atoms with Crippen molar-refractivity contribution in [2.24, 2.45) is 0 Å². The third kappa shape index (κ3) is 7.66. The second kappa shape index (κ2) is 14.9. The van der Waals surface area contributed by atoms with E-state index >= 15 is 0 Å². The van der Waals surface area contributed by atoms with Gasteiger partial charge in [0.1, 0.15) is 8.64 Å². The Labute approximate surface area is 265 Å². The molecule has 4 rings (SSSR count). The van der Waals surface area contributed by atoms with Crippen LogP contribution in [-0.4, -0.2) is 78.0 Å². The van der Waals surface area contributed by atoms with Gasteiger partial charge < -0.3 is 9.80 Å². The van der Waals surface area contributed by atoms with E-state index in [2.05, 4.69) is 0 Å². The minimum absolute atomic E-state index is 0.0835. The summed E-state index contributed by atoms with van der Waals surface area (Å²) >= 11 is 13.0. The molecule has 42 heavy (non-hydrogen) atoms. The minimum atomic E-state index is -0.402. The van der Waals surface area contributed by atoms with Crippen LogP contribution in [0, 0.1) is 0 Å². The quantitative estimate of drug-likeness (QED) is 0.242. The van der Waals surface area contributed by atoms with Crippen LogP contribution < -0.4 is 0 Å². The third-order valence-corrected chi connectivity index (χ3v) is 9.93. The highest BCUT2D eigenvalue weighted by atomic mass is 32.2. The van der Waals surface area contributed by atoms with Crippen molar-refractivity contribution in [2.75, 3.05) is 26.2 Å². The van der Waals surface area contributed by atoms with E-state index in [0.717, 1.165) is 34.7 Å². The number of rotatable bonds is 12. The van der Waals surface area contributed by atoms with E-state index in [-0.39, 0.29) is 47.6 Å². The summed E-state index contributed by atoms with van der Waals surface area (Å²) in [6, 6.07) is 19.4. The Kier molecular flexibility index (Phi) is 11.3. The Morgan fingerprint density at radius 2 is 1.02 bits per heavy atom. The molecule has 2 aromatic rings. The fourth-order valence-electron chi connectivity index (χ4n) is 4.55. The van der Waals surface area contributed by atoms with E-state index in [1.807, 2.05) is 74.5 Å². The van der Waals surface area contributed by atoms with E-state index in [4.69, 9.17) is 24.4 Å². The second-order valence-corrected chi connectivity index (χ2v) is 12.9. The van der Waals surface area contributed by atoms with Crippen LogP contribution in [0.4, 0.5) is 0 Å². The smallest absolute Gasteiger partial charge is 0.267 e. The first kappa shape index (κ1) is 31.9. The number of carbonyl (C=O) groups is 4. The standard InChI is InChI=1S/C30H32N4O4S4/c1-3-31(19-21-11-7-5-8-12-21)23(35)15-17-33-27(37)25(41-29(33)39)26-28(38)34(30(40)42-26)18-16-24(36)32(4-2)20-22-13-9-6-10-14-22/h5-14H,3-4,15-20H2,1-2H3/b26-25+. The van der Waals surface area contributed by atoms with Crippen molar-refractivity contribution < 1.29 is 19.2 Å². The number of hydrogen-bond acceptors (Lipinski definition) is 8. The Morgan fingerprint density at radius 1 is 0.667 bits per heavy atom. The van der Waals surface area contributed by atoms with E-state index < -0.39 is 11.8 Å². The van der Waals surface area contributed by atoms with Crippen LogP contribution >= 0.6 is 48.0 Å². The minimum Gasteiger partial charge on any atom is -0.339 e. The number of hydrogen-bond donors (Lipinski definition) is 0. The molecule has 0 atom stereocenters. The van der Waals surface area contributed by atoms with Gasteiger partial charge in [-0.25, -0.2) is 0 Å². The van der Waals surface area contributed by atoms with Gasteiger partial charge in [0.05, 0.1) is 9.81 Å². The molecular formula is C30H32N4O4S4. The van der Waals surface area contributed by atoms with Crippen LogP contribution in [0.25, 0.3) is 0 Å². The van der Waals surface area contributed by atoms with Gasteiger partial charge in [0.2, 0.25) is 11.8 Å². The maximum absolute atomic E-state index is 13.3. The summed E-state index contributed by atoms with van der Waals surface area (Å²) in [5.74, 6) is -0.972. The zero-order valence-corrected chi connectivity index (χ0v) is 26.8. The summed E-state index contributed by atoms with van der Waals surface area (Å²) in [4.78, 5) is 59.2. The predicted molar refractivity (Wildman–Crippen MR) is 175 cm³/mol. The van der Waals surface area contributed by atoms with Crippen molar-refractivity contribution in [1.29, 1.82) is 0 Å². The first-order valence-electron chi connectivity index (χ1n) is 13.7. The molecule has 2 heterocycles. The van der Waals surface area contributed by atoms with Crippen LogP contribution in [-0.2, 0) is 32.3 Å². The average molecular weight is 641 g/mol. The third-order valence-electron chi connectivity index (χ3n) is 6.90. The van der Waals surface area contributed by atoms with Gasteiger partial charge >= 0.3 is 0 Å². The van der Waals surface area contributed by atoms with Gasteiger partial charge in [0, 0.05) is 52.1 Å². The molecule has 2 aliphatic rings. The molecule has 0 N–H and O–H groups in total. The summed E-state index contributed by atoms with van der Waals surface area (Å²) in [7, 11) is 0. The Bertz CT molecular complexity index is 1300. The van der Waals surface area contributed by atoms with Crippen molar-refractivity contribution >= 4 is 80.2 Å². The molecule has 0 saturated carbocycles. The van der Waals surface area contributed by atoms with Gasteiger partial charge in [-0.3, -0.25) is 29.0 Å². The average Bonchev–Trinajstić information content (AvgIpc) is 3.44. The lowest BCUT2D eigenvalue weighted by Crippen LogP contribution is -2.36. The van der Waals surface area contributed by atoms with Crippen molar-refractivity contribution in [3.8, 4) is 0 Å². The Hall–Kier alpha value is -3.06. The normalized spacial score (nSPS) is 16.9. The molecule has 220 valence electrons. The van der Waals surface area contributed by atoms with Crippen molar-refractivity contribution in [3.63, 3.8) is 0 Å². The van der Waals surface area contributed by atoms with Gasteiger partial charge in [-0.1, -0.05) is 109 Å². The van der Waals surface area contributed by atoms with E-state index in [1.54, 1.807) is 9.80 Å². The zero-order valence-electron chi connectivity index (χ0n) is 23.5. The maximum Gasteiger partial charge on any atom is 0.267 e. The maximum atomic E-state index is 13.3. The van der Waals surface area contributed by atoms with Gasteiger partial charge in [-0.15, -0.1) is 0 Å². The number of thiocarbonyl (C=S) groups is 2. The van der Waals surface area contributed by atoms with Crippen LogP contribution in [0.15, 0.2) is 70.5 Å². The van der Waals surface area contributed by atoms with Crippen LogP contribution in [0.1, 0.15) is 37.8 Å². The molecule has 0 spiro atoms. The molecule has 12 heteroatoms. The molecule has 2 aromatic carbocycles. The highest BCUT2D eigenvalue weighted by Gasteiger charge is 2.42. The lowest BCUT2D eigenvalue weighted by atomic mass is 10.2. The van der Waals surface area contributed by atoms with Crippen molar-refractivity contribution in [2.45, 2.75) is 39.8 Å². The lowest BCUT2D eigenvalue weighted by Gasteiger charge is -2.22. The van der Waals surface area contributed by atoms with Crippen molar-refractivity contribution in [1.82, 2.24) is 19.6 Å². The number of nitrogens with zero attached hydrogens (tertiary/aromatic N) is 4. The fourth-order valence-corrected chi connectivity index (χ4v) is 7.32. The molecule has 4 amide bonds. The van der Waals surface area contributed by atoms with Gasteiger partial charge in [-0.2, -0.15) is 0 Å². The Morgan fingerprint density at radius 3 is 1.36 bits per heavy atom. The highest BCUT2D eigenvalue weighted by molar-refractivity contribution is 8.29. The summed E-state index contributed by atoms with van der Waals surface area (Å²) in [5.41, 5.74) is 2.06. The van der Waals surface area contributed by atoms with E-state index in [1.165, 1.54) is 9.80 Å². The molecule has 2 saturated heterocycles. The highest BCUT2D eigenvalue weighted by Crippen LogP contribution is 2.42. The number of benzene rings is 2. The SMILES string of the molecule is CCN(Cc1ccccc1)C(=O)CCN1C(=O)/C(=C2\SC(=S)N(CCC(=O)N(CC)Cc3ccccc3)C2=O)SC1=S. The molecule has 8 nitrogen and oxygen atoms in total. The summed E-state index contributed by atoms with van der Waals surface area (Å²) < 4.78 is 0.600. The van der Waals surface area contributed by atoms with Crippen LogP contribution in [0.3, 0.4) is 0 Å². The first-order valence-corrected chi connectivity index (χ1v) is 16.1. The first-order chi connectivity index (χ1) is 20.2. The van der Waals surface area contributed by atoms with E-state index in [9.17, 15) is 19.2 Å². The Balaban J connectivity index is 1.35. The zero-order chi connectivity index (χ0) is 30.2. The lowest BCUT2D eigenvalue weighted by molar-refractivity contribution is -0.133. The fraction of sp³-hybridized carbons (Fsp3) is 0.333. The van der Waals surface area contributed by atoms with Gasteiger partial charge in [0.25, 0.3) is 11.8 Å². The van der Waals surface area contributed by atoms with Crippen LogP contribution in [0.5, 0.6) is 0 Å². The topological polar surface area (TPSA) is 81.2 Å². The number of thioether (sulfide) groups is 2. The van der Waals surface area contributed by atoms with Crippen molar-refractivity contribution in [3.05, 3.63) is 81.6 Å². The van der Waals surface area contributed by atoms with E-state index in [0.29, 0.717) is 34.8 Å². The molecule has 0 unspecified atom stereocenters. The summed E-state index contributed by atoms with van der Waals surface area (Å²) in [6.07, 6.45) is 0.223. The number of amides is 4. The number of carbonyl (C=O) groups excluding carboxylic acids is 4. The van der Waals surface area contributed by atoms with Gasteiger partial charge in [-0.05, 0) is 25.0 Å². The second-order valence-electron chi connectivity index (χ2n) is 9.59. The largest absolute Gasteiger partial charge is 0.339 e. The molecule has 0 aromatic heterocycles. The summed E-state index contributed by atoms with van der Waals surface area (Å²) in [5, 5.41) is 0. The molecule has 2 aliphatic heterocycles.